The van der Waals surface area contributed by atoms with Crippen molar-refractivity contribution in [1.29, 1.82) is 5.26 Å². The summed E-state index contributed by atoms with van der Waals surface area (Å²) in [4.78, 5) is 4.14. The minimum atomic E-state index is 0.351. The van der Waals surface area contributed by atoms with Crippen LogP contribution in [0, 0.1) is 18.3 Å². The van der Waals surface area contributed by atoms with Crippen molar-refractivity contribution in [3.8, 4) is 6.07 Å². The van der Waals surface area contributed by atoms with Crippen LogP contribution in [-0.2, 0) is 0 Å². The van der Waals surface area contributed by atoms with Gasteiger partial charge in [-0.3, -0.25) is 0 Å². The molecular formula is C11H6Cl2N2. The maximum atomic E-state index is 8.79. The van der Waals surface area contributed by atoms with E-state index in [9.17, 15) is 0 Å². The highest BCUT2D eigenvalue weighted by Crippen LogP contribution is 2.31. The Bertz CT molecular complexity index is 585. The lowest BCUT2D eigenvalue weighted by molar-refractivity contribution is 1.30. The molecule has 0 aliphatic rings. The molecule has 1 aromatic carbocycles. The predicted molar refractivity (Wildman–Crippen MR) is 61.2 cm³/mol. The molecule has 0 radical (unpaired) electrons. The molecule has 2 aromatic rings. The van der Waals surface area contributed by atoms with Gasteiger partial charge in [-0.2, -0.15) is 5.26 Å². The van der Waals surface area contributed by atoms with E-state index in [2.05, 4.69) is 4.98 Å². The highest BCUT2D eigenvalue weighted by Gasteiger charge is 2.08. The summed E-state index contributed by atoms with van der Waals surface area (Å²) < 4.78 is 0. The van der Waals surface area contributed by atoms with E-state index in [1.54, 1.807) is 12.1 Å². The van der Waals surface area contributed by atoms with Crippen molar-refractivity contribution in [3.05, 3.63) is 39.5 Å². The molecule has 0 fully saturated rings. The molecule has 0 atom stereocenters. The molecule has 4 heteroatoms. The van der Waals surface area contributed by atoms with Crippen LogP contribution in [0.4, 0.5) is 0 Å². The van der Waals surface area contributed by atoms with Gasteiger partial charge in [-0.05, 0) is 24.6 Å². The lowest BCUT2D eigenvalue weighted by atomic mass is 10.1. The van der Waals surface area contributed by atoms with Gasteiger partial charge in [-0.15, -0.1) is 0 Å². The third-order valence-electron chi connectivity index (χ3n) is 2.19. The van der Waals surface area contributed by atoms with Crippen LogP contribution in [0.1, 0.15) is 11.3 Å². The van der Waals surface area contributed by atoms with Crippen molar-refractivity contribution in [2.24, 2.45) is 0 Å². The third kappa shape index (κ3) is 1.65. The van der Waals surface area contributed by atoms with Gasteiger partial charge in [0.1, 0.15) is 11.8 Å². The van der Waals surface area contributed by atoms with E-state index < -0.39 is 0 Å². The molecule has 0 aliphatic heterocycles. The lowest BCUT2D eigenvalue weighted by Gasteiger charge is -2.05. The molecule has 2 rings (SSSR count). The number of nitriles is 1. The van der Waals surface area contributed by atoms with Crippen molar-refractivity contribution < 1.29 is 0 Å². The second-order valence-electron chi connectivity index (χ2n) is 3.19. The summed E-state index contributed by atoms with van der Waals surface area (Å²) in [7, 11) is 0. The number of halogens is 2. The van der Waals surface area contributed by atoms with Crippen LogP contribution in [0.15, 0.2) is 18.2 Å². The summed E-state index contributed by atoms with van der Waals surface area (Å²) in [5, 5.41) is 10.6. The smallest absolute Gasteiger partial charge is 0.141 e. The highest BCUT2D eigenvalue weighted by atomic mass is 35.5. The molecule has 0 spiro atoms. The monoisotopic (exact) mass is 236 g/mol. The largest absolute Gasteiger partial charge is 0.235 e. The summed E-state index contributed by atoms with van der Waals surface area (Å²) in [6.07, 6.45) is 0. The first kappa shape index (κ1) is 10.2. The number of aryl methyl sites for hydroxylation is 1. The first-order valence-electron chi connectivity index (χ1n) is 4.29. The maximum absolute atomic E-state index is 8.79. The summed E-state index contributed by atoms with van der Waals surface area (Å²) in [6, 6.07) is 7.31. The van der Waals surface area contributed by atoms with Gasteiger partial charge in [0.15, 0.2) is 0 Å². The van der Waals surface area contributed by atoms with Gasteiger partial charge in [0.2, 0.25) is 0 Å². The molecule has 1 aromatic heterocycles. The Labute approximate surface area is 97.1 Å². The van der Waals surface area contributed by atoms with E-state index in [-0.39, 0.29) is 0 Å². The molecule has 2 nitrogen and oxygen atoms in total. The Morgan fingerprint density at radius 3 is 2.73 bits per heavy atom. The standard InChI is InChI=1S/C11H6Cl2N2/c1-6-4-7(5-14)15-11-8(6)2-3-9(12)10(11)13/h2-4H,1H3. The Hall–Kier alpha value is -1.30. The summed E-state index contributed by atoms with van der Waals surface area (Å²) in [5.74, 6) is 0. The Kier molecular flexibility index (Phi) is 2.52. The lowest BCUT2D eigenvalue weighted by Crippen LogP contribution is -1.89. The van der Waals surface area contributed by atoms with Crippen LogP contribution >= 0.6 is 23.2 Å². The van der Waals surface area contributed by atoms with Gasteiger partial charge in [-0.1, -0.05) is 29.3 Å². The van der Waals surface area contributed by atoms with E-state index in [1.807, 2.05) is 19.1 Å². The van der Waals surface area contributed by atoms with Crippen molar-refractivity contribution >= 4 is 34.1 Å². The number of hydrogen-bond acceptors (Lipinski definition) is 2. The Balaban J connectivity index is 2.94. The number of fused-ring (bicyclic) bond motifs is 1. The number of nitrogens with zero attached hydrogens (tertiary/aromatic N) is 2. The third-order valence-corrected chi connectivity index (χ3v) is 2.99. The molecular weight excluding hydrogens is 231 g/mol. The van der Waals surface area contributed by atoms with Crippen molar-refractivity contribution in [2.75, 3.05) is 0 Å². The van der Waals surface area contributed by atoms with Crippen molar-refractivity contribution in [2.45, 2.75) is 6.92 Å². The van der Waals surface area contributed by atoms with E-state index in [1.165, 1.54) is 0 Å². The number of pyridine rings is 1. The average molecular weight is 237 g/mol. The van der Waals surface area contributed by atoms with E-state index >= 15 is 0 Å². The fourth-order valence-corrected chi connectivity index (χ4v) is 1.82. The minimum Gasteiger partial charge on any atom is -0.235 e. The van der Waals surface area contributed by atoms with Crippen molar-refractivity contribution in [3.63, 3.8) is 0 Å². The quantitative estimate of drug-likeness (QED) is 0.700. The first-order chi connectivity index (χ1) is 7.13. The average Bonchev–Trinajstić information content (AvgIpc) is 2.23. The van der Waals surface area contributed by atoms with E-state index in [0.717, 1.165) is 10.9 Å². The van der Waals surface area contributed by atoms with Crippen LogP contribution in [0.3, 0.4) is 0 Å². The van der Waals surface area contributed by atoms with Gasteiger partial charge in [0, 0.05) is 5.39 Å². The molecule has 0 bridgehead atoms. The predicted octanol–water partition coefficient (Wildman–Crippen LogP) is 3.72. The number of hydrogen-bond donors (Lipinski definition) is 0. The van der Waals surface area contributed by atoms with Crippen LogP contribution in [0.5, 0.6) is 0 Å². The van der Waals surface area contributed by atoms with Gasteiger partial charge in [0.25, 0.3) is 0 Å². The molecule has 0 saturated carbocycles. The van der Waals surface area contributed by atoms with Gasteiger partial charge in [-0.25, -0.2) is 4.98 Å². The molecule has 1 heterocycles. The normalized spacial score (nSPS) is 10.3. The fourth-order valence-electron chi connectivity index (χ4n) is 1.46. The van der Waals surface area contributed by atoms with E-state index in [0.29, 0.717) is 21.3 Å². The van der Waals surface area contributed by atoms with Gasteiger partial charge >= 0.3 is 0 Å². The zero-order valence-electron chi connectivity index (χ0n) is 7.88. The van der Waals surface area contributed by atoms with Crippen LogP contribution in [0.25, 0.3) is 10.9 Å². The van der Waals surface area contributed by atoms with Crippen LogP contribution in [0.2, 0.25) is 10.0 Å². The van der Waals surface area contributed by atoms with Crippen LogP contribution < -0.4 is 0 Å². The van der Waals surface area contributed by atoms with Gasteiger partial charge in [0.05, 0.1) is 15.6 Å². The second-order valence-corrected chi connectivity index (χ2v) is 3.98. The summed E-state index contributed by atoms with van der Waals surface area (Å²) >= 11 is 11.9. The Morgan fingerprint density at radius 2 is 2.07 bits per heavy atom. The second kappa shape index (κ2) is 3.69. The van der Waals surface area contributed by atoms with Crippen molar-refractivity contribution in [1.82, 2.24) is 4.98 Å². The maximum Gasteiger partial charge on any atom is 0.141 e. The van der Waals surface area contributed by atoms with Gasteiger partial charge < -0.3 is 0 Å². The molecule has 0 unspecified atom stereocenters. The number of rotatable bonds is 0. The summed E-state index contributed by atoms with van der Waals surface area (Å²) in [6.45, 7) is 1.91. The molecule has 0 aliphatic carbocycles. The first-order valence-corrected chi connectivity index (χ1v) is 5.04. The molecule has 0 amide bonds. The Morgan fingerprint density at radius 1 is 1.33 bits per heavy atom. The summed E-state index contributed by atoms with van der Waals surface area (Å²) in [5.41, 5.74) is 1.90. The molecule has 0 saturated heterocycles. The van der Waals surface area contributed by atoms with E-state index in [4.69, 9.17) is 28.5 Å². The number of aromatic nitrogens is 1. The molecule has 15 heavy (non-hydrogen) atoms. The fraction of sp³-hybridized carbons (Fsp3) is 0.0909. The topological polar surface area (TPSA) is 36.7 Å². The zero-order valence-corrected chi connectivity index (χ0v) is 9.39. The minimum absolute atomic E-state index is 0.351. The van der Waals surface area contributed by atoms with Crippen LogP contribution in [-0.4, -0.2) is 4.98 Å². The molecule has 0 N–H and O–H groups in total. The number of benzene rings is 1. The zero-order chi connectivity index (χ0) is 11.0. The highest BCUT2D eigenvalue weighted by molar-refractivity contribution is 6.45. The molecule has 74 valence electrons. The SMILES string of the molecule is Cc1cc(C#N)nc2c(Cl)c(Cl)ccc12.